The summed E-state index contributed by atoms with van der Waals surface area (Å²) in [7, 11) is 1.03. The van der Waals surface area contributed by atoms with E-state index in [1.165, 1.54) is 48.6 Å². The fourth-order valence-corrected chi connectivity index (χ4v) is 3.84. The normalized spacial score (nSPS) is 23.3. The summed E-state index contributed by atoms with van der Waals surface area (Å²) in [4.78, 5) is 37.1. The number of hydrogen-bond acceptors (Lipinski definition) is 12. The van der Waals surface area contributed by atoms with Crippen molar-refractivity contribution in [2.24, 2.45) is 0 Å². The number of rotatable bonds is 7. The number of phenolic OH excluding ortho intramolecular Hbond substituents is 4. The van der Waals surface area contributed by atoms with E-state index in [4.69, 9.17) is 9.47 Å². The summed E-state index contributed by atoms with van der Waals surface area (Å²) >= 11 is 0. The van der Waals surface area contributed by atoms with Crippen LogP contribution in [-0.2, 0) is 28.6 Å². The van der Waals surface area contributed by atoms with E-state index in [-0.39, 0.29) is 11.5 Å². The third-order valence-electron chi connectivity index (χ3n) is 5.74. The molecule has 1 fully saturated rings. The Hall–Kier alpha value is -4.55. The molecule has 0 heterocycles. The first-order chi connectivity index (χ1) is 17.9. The van der Waals surface area contributed by atoms with E-state index in [1.807, 2.05) is 0 Å². The molecule has 0 aliphatic heterocycles. The van der Waals surface area contributed by atoms with Crippen LogP contribution in [0, 0.1) is 0 Å². The summed E-state index contributed by atoms with van der Waals surface area (Å²) < 4.78 is 15.2. The summed E-state index contributed by atoms with van der Waals surface area (Å²) in [6.45, 7) is 0. The van der Waals surface area contributed by atoms with Gasteiger partial charge >= 0.3 is 17.9 Å². The van der Waals surface area contributed by atoms with E-state index in [2.05, 4.69) is 4.74 Å². The Morgan fingerprint density at radius 2 is 1.32 bits per heavy atom. The number of aliphatic hydroxyl groups excluding tert-OH is 1. The van der Waals surface area contributed by atoms with Crippen molar-refractivity contribution in [3.63, 3.8) is 0 Å². The average molecular weight is 530 g/mol. The predicted octanol–water partition coefficient (Wildman–Crippen LogP) is 1.12. The molecule has 1 aliphatic carbocycles. The van der Waals surface area contributed by atoms with Crippen LogP contribution in [0.25, 0.3) is 12.2 Å². The molecule has 3 rings (SSSR count). The summed E-state index contributed by atoms with van der Waals surface area (Å²) in [5, 5.41) is 59.2. The second-order valence-corrected chi connectivity index (χ2v) is 8.54. The van der Waals surface area contributed by atoms with Gasteiger partial charge in [-0.1, -0.05) is 12.1 Å². The first-order valence-corrected chi connectivity index (χ1v) is 11.2. The molecular formula is C26H26O12. The lowest BCUT2D eigenvalue weighted by atomic mass is 9.79. The van der Waals surface area contributed by atoms with Crippen LogP contribution in [0.3, 0.4) is 0 Å². The van der Waals surface area contributed by atoms with Crippen molar-refractivity contribution in [3.8, 4) is 23.0 Å². The zero-order valence-corrected chi connectivity index (χ0v) is 20.1. The van der Waals surface area contributed by atoms with Gasteiger partial charge in [-0.15, -0.1) is 0 Å². The molecule has 2 aromatic rings. The lowest BCUT2D eigenvalue weighted by Gasteiger charge is -2.41. The summed E-state index contributed by atoms with van der Waals surface area (Å²) in [6.07, 6.45) is -1.24. The van der Waals surface area contributed by atoms with Crippen LogP contribution < -0.4 is 0 Å². The van der Waals surface area contributed by atoms with Gasteiger partial charge in [0.15, 0.2) is 34.7 Å². The zero-order valence-electron chi connectivity index (χ0n) is 20.1. The Kier molecular flexibility index (Phi) is 8.61. The summed E-state index contributed by atoms with van der Waals surface area (Å²) in [6, 6.07) is 7.61. The quantitative estimate of drug-likeness (QED) is 0.129. The third kappa shape index (κ3) is 6.81. The Morgan fingerprint density at radius 1 is 0.816 bits per heavy atom. The number of aromatic hydroxyl groups is 4. The van der Waals surface area contributed by atoms with E-state index < -0.39 is 66.2 Å². The minimum absolute atomic E-state index is 0.334. The van der Waals surface area contributed by atoms with Gasteiger partial charge in [0, 0.05) is 25.0 Å². The fraction of sp³-hybridized carbons (Fsp3) is 0.269. The topological polar surface area (TPSA) is 200 Å². The van der Waals surface area contributed by atoms with Crippen molar-refractivity contribution >= 4 is 30.1 Å². The molecule has 0 saturated heterocycles. The monoisotopic (exact) mass is 530 g/mol. The Balaban J connectivity index is 1.77. The number of hydrogen-bond donors (Lipinski definition) is 6. The maximum atomic E-state index is 12.5. The standard InChI is InChI=1S/C26H26O12/c1-36-25(34)26(35)12-20(31)24(38-23(33)9-5-15-3-7-17(28)19(30)11-15)21(13-26)37-22(32)8-4-14-2-6-16(27)18(29)10-14/h2-11,20-21,24,27-31,35H,12-13H2,1H3/t20?,21?,24-,26+/m0/s1. The molecule has 1 aliphatic rings. The highest BCUT2D eigenvalue weighted by molar-refractivity contribution is 5.88. The number of carbonyl (C=O) groups excluding carboxylic acids is 3. The van der Waals surface area contributed by atoms with Gasteiger partial charge in [0.05, 0.1) is 13.2 Å². The van der Waals surface area contributed by atoms with Crippen LogP contribution in [0.15, 0.2) is 48.6 Å². The molecule has 12 heteroatoms. The second-order valence-electron chi connectivity index (χ2n) is 8.54. The molecule has 6 N–H and O–H groups in total. The van der Waals surface area contributed by atoms with Crippen LogP contribution in [0.4, 0.5) is 0 Å². The number of benzene rings is 2. The van der Waals surface area contributed by atoms with Gasteiger partial charge in [-0.05, 0) is 47.5 Å². The Morgan fingerprint density at radius 3 is 1.79 bits per heavy atom. The molecule has 0 radical (unpaired) electrons. The van der Waals surface area contributed by atoms with Gasteiger partial charge in [0.1, 0.15) is 6.10 Å². The highest BCUT2D eigenvalue weighted by Gasteiger charge is 2.52. The van der Waals surface area contributed by atoms with Crippen LogP contribution in [0.2, 0.25) is 0 Å². The Labute approximate surface area is 216 Å². The molecule has 0 spiro atoms. The van der Waals surface area contributed by atoms with Gasteiger partial charge in [0.2, 0.25) is 0 Å². The number of ether oxygens (including phenoxy) is 3. The van der Waals surface area contributed by atoms with Gasteiger partial charge in [0.25, 0.3) is 0 Å². The molecular weight excluding hydrogens is 504 g/mol. The number of esters is 3. The minimum Gasteiger partial charge on any atom is -0.504 e. The maximum Gasteiger partial charge on any atom is 0.338 e. The van der Waals surface area contributed by atoms with Crippen molar-refractivity contribution in [2.75, 3.05) is 7.11 Å². The van der Waals surface area contributed by atoms with E-state index >= 15 is 0 Å². The molecule has 1 saturated carbocycles. The van der Waals surface area contributed by atoms with E-state index in [0.717, 1.165) is 19.3 Å². The third-order valence-corrected chi connectivity index (χ3v) is 5.74. The van der Waals surface area contributed by atoms with Crippen molar-refractivity contribution < 1.29 is 59.2 Å². The van der Waals surface area contributed by atoms with Gasteiger partial charge in [-0.25, -0.2) is 14.4 Å². The molecule has 38 heavy (non-hydrogen) atoms. The van der Waals surface area contributed by atoms with Gasteiger partial charge < -0.3 is 44.8 Å². The van der Waals surface area contributed by atoms with Gasteiger partial charge in [-0.2, -0.15) is 0 Å². The molecule has 4 atom stereocenters. The molecule has 2 aromatic carbocycles. The molecule has 0 bridgehead atoms. The van der Waals surface area contributed by atoms with Crippen molar-refractivity contribution in [1.82, 2.24) is 0 Å². The zero-order chi connectivity index (χ0) is 28.0. The van der Waals surface area contributed by atoms with Crippen molar-refractivity contribution in [3.05, 3.63) is 59.7 Å². The van der Waals surface area contributed by atoms with Crippen LogP contribution in [0.5, 0.6) is 23.0 Å². The lowest BCUT2D eigenvalue weighted by molar-refractivity contribution is -0.206. The number of aliphatic hydroxyl groups is 2. The van der Waals surface area contributed by atoms with E-state index in [1.54, 1.807) is 0 Å². The first kappa shape index (κ1) is 28.0. The number of carbonyl (C=O) groups is 3. The second kappa shape index (κ2) is 11.7. The van der Waals surface area contributed by atoms with Crippen LogP contribution in [-0.4, -0.2) is 79.6 Å². The highest BCUT2D eigenvalue weighted by Crippen LogP contribution is 2.34. The largest absolute Gasteiger partial charge is 0.504 e. The Bertz CT molecular complexity index is 1270. The van der Waals surface area contributed by atoms with E-state index in [0.29, 0.717) is 11.1 Å². The first-order valence-electron chi connectivity index (χ1n) is 11.2. The summed E-state index contributed by atoms with van der Waals surface area (Å²) in [5.74, 6) is -4.57. The van der Waals surface area contributed by atoms with Crippen LogP contribution in [0.1, 0.15) is 24.0 Å². The molecule has 202 valence electrons. The molecule has 12 nitrogen and oxygen atoms in total. The van der Waals surface area contributed by atoms with Crippen molar-refractivity contribution in [1.29, 1.82) is 0 Å². The maximum absolute atomic E-state index is 12.5. The SMILES string of the molecule is COC(=O)[C@@]1(O)CC(O)[C@H](OC(=O)C=Cc2ccc(O)c(O)c2)C(OC(=O)C=Cc2ccc(O)c(O)c2)C1. The van der Waals surface area contributed by atoms with E-state index in [9.17, 15) is 45.0 Å². The predicted molar refractivity (Wildman–Crippen MR) is 130 cm³/mol. The number of phenols is 4. The van der Waals surface area contributed by atoms with Crippen molar-refractivity contribution in [2.45, 2.75) is 36.8 Å². The fourth-order valence-electron chi connectivity index (χ4n) is 3.84. The van der Waals surface area contributed by atoms with Gasteiger partial charge in [-0.3, -0.25) is 0 Å². The average Bonchev–Trinajstić information content (AvgIpc) is 2.87. The lowest BCUT2D eigenvalue weighted by Crippen LogP contribution is -2.58. The minimum atomic E-state index is -2.23. The highest BCUT2D eigenvalue weighted by atomic mass is 16.6. The number of methoxy groups -OCH3 is 1. The van der Waals surface area contributed by atoms with Crippen LogP contribution >= 0.6 is 0 Å². The molecule has 2 unspecified atom stereocenters. The summed E-state index contributed by atoms with van der Waals surface area (Å²) in [5.41, 5.74) is -1.55. The smallest absolute Gasteiger partial charge is 0.338 e. The molecule has 0 aromatic heterocycles. The molecule has 0 amide bonds.